The lowest BCUT2D eigenvalue weighted by Crippen LogP contribution is -1.99. The molecule has 2 aromatic heterocycles. The Labute approximate surface area is 135 Å². The van der Waals surface area contributed by atoms with E-state index in [9.17, 15) is 4.79 Å². The topological polar surface area (TPSA) is 75.1 Å². The van der Waals surface area contributed by atoms with Crippen LogP contribution in [0.25, 0.3) is 10.2 Å². The third kappa shape index (κ3) is 2.63. The number of aromatic nitrogens is 2. The molecule has 22 heavy (non-hydrogen) atoms. The predicted molar refractivity (Wildman–Crippen MR) is 88.6 cm³/mol. The number of anilines is 2. The van der Waals surface area contributed by atoms with Gasteiger partial charge in [-0.1, -0.05) is 0 Å². The number of fused-ring (bicyclic) bond motifs is 1. The number of benzene rings is 1. The van der Waals surface area contributed by atoms with E-state index in [2.05, 4.69) is 15.3 Å². The highest BCUT2D eigenvalue weighted by molar-refractivity contribution is 7.18. The third-order valence-electron chi connectivity index (χ3n) is 3.40. The van der Waals surface area contributed by atoms with Crippen molar-refractivity contribution in [2.45, 2.75) is 13.8 Å². The molecule has 0 saturated carbocycles. The predicted octanol–water partition coefficient (Wildman–Crippen LogP) is 4.40. The number of hydrogen-bond acceptors (Lipinski definition) is 5. The highest BCUT2D eigenvalue weighted by Gasteiger charge is 2.14. The first-order valence-electron chi connectivity index (χ1n) is 6.49. The van der Waals surface area contributed by atoms with Gasteiger partial charge in [-0.25, -0.2) is 9.78 Å². The van der Waals surface area contributed by atoms with Gasteiger partial charge >= 0.3 is 5.97 Å². The summed E-state index contributed by atoms with van der Waals surface area (Å²) in [5.41, 5.74) is 2.09. The first kappa shape index (κ1) is 14.7. The second-order valence-corrected chi connectivity index (χ2v) is 6.35. The summed E-state index contributed by atoms with van der Waals surface area (Å²) in [4.78, 5) is 21.4. The van der Waals surface area contributed by atoms with Crippen LogP contribution in [0, 0.1) is 13.8 Å². The largest absolute Gasteiger partial charge is 0.478 e. The average molecular weight is 334 g/mol. The highest BCUT2D eigenvalue weighted by atomic mass is 35.5. The van der Waals surface area contributed by atoms with E-state index < -0.39 is 5.97 Å². The zero-order chi connectivity index (χ0) is 15.9. The number of rotatable bonds is 3. The molecule has 3 rings (SSSR count). The maximum atomic E-state index is 10.9. The number of halogens is 1. The SMILES string of the molecule is Cc1sc2nc(Cl)nc(Nc3ccc(C(=O)O)cc3)c2c1C. The smallest absolute Gasteiger partial charge is 0.335 e. The number of aromatic carboxylic acids is 1. The summed E-state index contributed by atoms with van der Waals surface area (Å²) in [6.45, 7) is 4.05. The summed E-state index contributed by atoms with van der Waals surface area (Å²) in [6, 6.07) is 6.46. The van der Waals surface area contributed by atoms with E-state index in [4.69, 9.17) is 16.7 Å². The summed E-state index contributed by atoms with van der Waals surface area (Å²) in [6.07, 6.45) is 0. The van der Waals surface area contributed by atoms with Crippen molar-refractivity contribution in [1.82, 2.24) is 9.97 Å². The van der Waals surface area contributed by atoms with Gasteiger partial charge in [0, 0.05) is 10.6 Å². The minimum atomic E-state index is -0.955. The van der Waals surface area contributed by atoms with Gasteiger partial charge in [-0.2, -0.15) is 4.98 Å². The van der Waals surface area contributed by atoms with Crippen molar-refractivity contribution in [2.24, 2.45) is 0 Å². The van der Waals surface area contributed by atoms with E-state index in [0.29, 0.717) is 5.82 Å². The summed E-state index contributed by atoms with van der Waals surface area (Å²) < 4.78 is 0. The quantitative estimate of drug-likeness (QED) is 0.695. The van der Waals surface area contributed by atoms with Crippen molar-refractivity contribution in [1.29, 1.82) is 0 Å². The van der Waals surface area contributed by atoms with Gasteiger partial charge in [0.15, 0.2) is 0 Å². The number of carbonyl (C=O) groups is 1. The number of nitrogens with one attached hydrogen (secondary N) is 1. The average Bonchev–Trinajstić information content (AvgIpc) is 2.74. The van der Waals surface area contributed by atoms with E-state index in [0.717, 1.165) is 26.3 Å². The molecule has 0 radical (unpaired) electrons. The van der Waals surface area contributed by atoms with Crippen LogP contribution in [-0.2, 0) is 0 Å². The first-order valence-corrected chi connectivity index (χ1v) is 7.69. The van der Waals surface area contributed by atoms with Gasteiger partial charge in [-0.3, -0.25) is 0 Å². The molecule has 7 heteroatoms. The Morgan fingerprint density at radius 1 is 1.23 bits per heavy atom. The molecule has 0 saturated heterocycles. The summed E-state index contributed by atoms with van der Waals surface area (Å²) in [5.74, 6) is -0.330. The maximum Gasteiger partial charge on any atom is 0.335 e. The summed E-state index contributed by atoms with van der Waals surface area (Å²) in [5, 5.41) is 13.2. The Hall–Kier alpha value is -2.18. The molecule has 0 amide bonds. The molecule has 0 aliphatic heterocycles. The lowest BCUT2D eigenvalue weighted by Gasteiger charge is -2.08. The normalized spacial score (nSPS) is 10.9. The van der Waals surface area contributed by atoms with Gasteiger partial charge in [0.2, 0.25) is 5.28 Å². The van der Waals surface area contributed by atoms with Crippen LogP contribution in [0.15, 0.2) is 24.3 Å². The number of thiophene rings is 1. The standard InChI is InChI=1S/C15H12ClN3O2S/c1-7-8(2)22-13-11(7)12(18-15(16)19-13)17-10-5-3-9(4-6-10)14(20)21/h3-6H,1-2H3,(H,20,21)(H,17,18,19). The zero-order valence-corrected chi connectivity index (χ0v) is 13.4. The first-order chi connectivity index (χ1) is 10.5. The molecule has 0 atom stereocenters. The van der Waals surface area contributed by atoms with Gasteiger partial charge < -0.3 is 10.4 Å². The van der Waals surface area contributed by atoms with Gasteiger partial charge in [0.25, 0.3) is 0 Å². The zero-order valence-electron chi connectivity index (χ0n) is 11.8. The van der Waals surface area contributed by atoms with Crippen molar-refractivity contribution in [2.75, 3.05) is 5.32 Å². The molecule has 1 aromatic carbocycles. The number of aryl methyl sites for hydroxylation is 2. The Morgan fingerprint density at radius 2 is 1.91 bits per heavy atom. The Morgan fingerprint density at radius 3 is 2.55 bits per heavy atom. The minimum Gasteiger partial charge on any atom is -0.478 e. The molecule has 0 aliphatic carbocycles. The van der Waals surface area contributed by atoms with Gasteiger partial charge in [0.1, 0.15) is 10.6 Å². The fraction of sp³-hybridized carbons (Fsp3) is 0.133. The van der Waals surface area contributed by atoms with Crippen LogP contribution >= 0.6 is 22.9 Å². The van der Waals surface area contributed by atoms with E-state index in [1.807, 2.05) is 13.8 Å². The van der Waals surface area contributed by atoms with Crippen LogP contribution in [0.1, 0.15) is 20.8 Å². The van der Waals surface area contributed by atoms with Crippen molar-refractivity contribution in [3.63, 3.8) is 0 Å². The van der Waals surface area contributed by atoms with E-state index >= 15 is 0 Å². The van der Waals surface area contributed by atoms with Crippen molar-refractivity contribution in [3.8, 4) is 0 Å². The molecular formula is C15H12ClN3O2S. The van der Waals surface area contributed by atoms with Gasteiger partial charge in [-0.05, 0) is 55.3 Å². The fourth-order valence-electron chi connectivity index (χ4n) is 2.15. The molecule has 3 aromatic rings. The van der Waals surface area contributed by atoms with E-state index in [1.54, 1.807) is 23.5 Å². The molecule has 0 aliphatic rings. The monoisotopic (exact) mass is 333 g/mol. The van der Waals surface area contributed by atoms with Gasteiger partial charge in [0.05, 0.1) is 10.9 Å². The molecule has 5 nitrogen and oxygen atoms in total. The molecule has 2 N–H and O–H groups in total. The third-order valence-corrected chi connectivity index (χ3v) is 4.67. The molecule has 0 unspecified atom stereocenters. The van der Waals surface area contributed by atoms with Crippen LogP contribution in [0.3, 0.4) is 0 Å². The van der Waals surface area contributed by atoms with Crippen LogP contribution in [-0.4, -0.2) is 21.0 Å². The van der Waals surface area contributed by atoms with E-state index in [-0.39, 0.29) is 10.8 Å². The minimum absolute atomic E-state index is 0.179. The van der Waals surface area contributed by atoms with Crippen molar-refractivity contribution >= 4 is 50.6 Å². The highest BCUT2D eigenvalue weighted by Crippen LogP contribution is 2.35. The van der Waals surface area contributed by atoms with Crippen LogP contribution in [0.2, 0.25) is 5.28 Å². The second kappa shape index (κ2) is 5.55. The second-order valence-electron chi connectivity index (χ2n) is 4.81. The lowest BCUT2D eigenvalue weighted by molar-refractivity contribution is 0.0697. The Kier molecular flexibility index (Phi) is 3.72. The molecule has 2 heterocycles. The van der Waals surface area contributed by atoms with Gasteiger partial charge in [-0.15, -0.1) is 11.3 Å². The van der Waals surface area contributed by atoms with Crippen LogP contribution < -0.4 is 5.32 Å². The number of carboxylic acids is 1. The molecule has 0 bridgehead atoms. The molecular weight excluding hydrogens is 322 g/mol. The number of carboxylic acid groups (broad SMARTS) is 1. The summed E-state index contributed by atoms with van der Waals surface area (Å²) >= 11 is 7.56. The number of hydrogen-bond donors (Lipinski definition) is 2. The van der Waals surface area contributed by atoms with Crippen molar-refractivity contribution in [3.05, 3.63) is 45.6 Å². The van der Waals surface area contributed by atoms with E-state index in [1.165, 1.54) is 12.1 Å². The summed E-state index contributed by atoms with van der Waals surface area (Å²) in [7, 11) is 0. The molecule has 0 fully saturated rings. The molecule has 0 spiro atoms. The maximum absolute atomic E-state index is 10.9. The fourth-order valence-corrected chi connectivity index (χ4v) is 3.40. The van der Waals surface area contributed by atoms with Crippen molar-refractivity contribution < 1.29 is 9.90 Å². The lowest BCUT2D eigenvalue weighted by atomic mass is 10.2. The molecule has 112 valence electrons. The Balaban J connectivity index is 2.04. The van der Waals surface area contributed by atoms with Crippen LogP contribution in [0.4, 0.5) is 11.5 Å². The van der Waals surface area contributed by atoms with Crippen LogP contribution in [0.5, 0.6) is 0 Å². The number of nitrogens with zero attached hydrogens (tertiary/aromatic N) is 2. The Bertz CT molecular complexity index is 875.